The molecule has 0 aliphatic carbocycles. The van der Waals surface area contributed by atoms with Gasteiger partial charge in [0.25, 0.3) is 0 Å². The van der Waals surface area contributed by atoms with E-state index in [1.165, 1.54) is 0 Å². The van der Waals surface area contributed by atoms with Crippen LogP contribution in [0, 0.1) is 5.82 Å². The van der Waals surface area contributed by atoms with E-state index < -0.39 is 18.3 Å². The van der Waals surface area contributed by atoms with Gasteiger partial charge in [0.05, 0.1) is 5.82 Å². The number of rotatable bonds is 1. The van der Waals surface area contributed by atoms with Crippen LogP contribution in [0.5, 0.6) is 0 Å². The third kappa shape index (κ3) is 3.59. The van der Waals surface area contributed by atoms with Crippen LogP contribution in [-0.4, -0.2) is 6.98 Å². The third-order valence-corrected chi connectivity index (χ3v) is 1.38. The van der Waals surface area contributed by atoms with Crippen molar-refractivity contribution in [2.24, 2.45) is 0 Å². The van der Waals surface area contributed by atoms with E-state index in [1.807, 2.05) is 0 Å². The van der Waals surface area contributed by atoms with Crippen LogP contribution >= 0.6 is 0 Å². The summed E-state index contributed by atoms with van der Waals surface area (Å²) in [7, 11) is 0. The minimum absolute atomic E-state index is 0. The van der Waals surface area contributed by atoms with Gasteiger partial charge in [-0.25, -0.2) is 4.39 Å². The average Bonchev–Trinajstić information content (AvgIpc) is 1.83. The van der Waals surface area contributed by atoms with Crippen molar-refractivity contribution in [3.05, 3.63) is 24.0 Å². The molecule has 1 aromatic carbocycles. The first-order chi connectivity index (χ1) is 5.41. The number of hydrogen-bond acceptors (Lipinski definition) is 1. The molecule has 0 heterocycles. The molecule has 1 rings (SSSR count). The number of nitrogen functional groups attached to an aromatic ring is 1. The van der Waals surface area contributed by atoms with Crippen molar-refractivity contribution in [1.29, 1.82) is 0 Å². The van der Waals surface area contributed by atoms with E-state index in [0.29, 0.717) is 12.1 Å². The predicted molar refractivity (Wildman–Crippen MR) is 39.5 cm³/mol. The van der Waals surface area contributed by atoms with Crippen LogP contribution in [0.4, 0.5) is 23.0 Å². The van der Waals surface area contributed by atoms with Gasteiger partial charge >= 0.3 is 58.4 Å². The van der Waals surface area contributed by atoms with Gasteiger partial charge in [0.15, 0.2) is 0 Å². The summed E-state index contributed by atoms with van der Waals surface area (Å²) in [4.78, 5) is 0. The van der Waals surface area contributed by atoms with Crippen molar-refractivity contribution < 1.29 is 68.7 Å². The Bertz CT molecular complexity index is 301. The minimum atomic E-state index is -5.27. The fourth-order valence-electron chi connectivity index (χ4n) is 0.809. The van der Waals surface area contributed by atoms with E-state index in [2.05, 4.69) is 0 Å². The first-order valence-electron chi connectivity index (χ1n) is 3.16. The molecule has 0 radical (unpaired) electrons. The summed E-state index contributed by atoms with van der Waals surface area (Å²) in [6.07, 6.45) is 0. The predicted octanol–water partition coefficient (Wildman–Crippen LogP) is -1.53. The standard InChI is InChI=1S/C6H5BF4N.K/c8-6-3-4(12)1-2-5(6)7(9,10)11;/h1-3H,12H2;/q-1;+1. The maximum atomic E-state index is 12.6. The molecule has 0 atom stereocenters. The molecule has 0 unspecified atom stereocenters. The molecule has 66 valence electrons. The van der Waals surface area contributed by atoms with Crippen molar-refractivity contribution in [3.8, 4) is 0 Å². The second-order valence-corrected chi connectivity index (χ2v) is 2.36. The van der Waals surface area contributed by atoms with Crippen molar-refractivity contribution in [2.75, 3.05) is 5.73 Å². The van der Waals surface area contributed by atoms with Crippen LogP contribution in [0.1, 0.15) is 0 Å². The molecule has 13 heavy (non-hydrogen) atoms. The minimum Gasteiger partial charge on any atom is -0.445 e. The SMILES string of the molecule is Nc1ccc([B-](F)(F)F)c(F)c1.[K+]. The van der Waals surface area contributed by atoms with Gasteiger partial charge in [-0.05, 0) is 12.1 Å². The largest absolute Gasteiger partial charge is 1.00 e. The van der Waals surface area contributed by atoms with Crippen LogP contribution in [-0.2, 0) is 0 Å². The molecule has 0 saturated heterocycles. The number of nitrogens with two attached hydrogens (primary N) is 1. The van der Waals surface area contributed by atoms with Gasteiger partial charge < -0.3 is 18.7 Å². The number of anilines is 1. The number of halogens is 4. The Morgan fingerprint density at radius 3 is 2.08 bits per heavy atom. The molecule has 0 bridgehead atoms. The Kier molecular flexibility index (Phi) is 4.95. The Balaban J connectivity index is 0.00000144. The Morgan fingerprint density at radius 1 is 1.15 bits per heavy atom. The quantitative estimate of drug-likeness (QED) is 0.344. The summed E-state index contributed by atoms with van der Waals surface area (Å²) in [6.45, 7) is -5.27. The van der Waals surface area contributed by atoms with Gasteiger partial charge in [0, 0.05) is 5.69 Å². The van der Waals surface area contributed by atoms with Gasteiger partial charge in [-0.3, -0.25) is 0 Å². The molecule has 2 N–H and O–H groups in total. The van der Waals surface area contributed by atoms with E-state index in [1.54, 1.807) is 0 Å². The zero-order chi connectivity index (χ0) is 9.35. The second kappa shape index (κ2) is 4.79. The zero-order valence-electron chi connectivity index (χ0n) is 6.90. The average molecular weight is 217 g/mol. The molecule has 0 amide bonds. The molecule has 1 aromatic rings. The number of hydrogen-bond donors (Lipinski definition) is 1. The molecule has 0 aliphatic heterocycles. The van der Waals surface area contributed by atoms with Gasteiger partial charge in [0.1, 0.15) is 0 Å². The van der Waals surface area contributed by atoms with Crippen molar-refractivity contribution in [3.63, 3.8) is 0 Å². The normalized spacial score (nSPS) is 10.8. The molecule has 0 spiro atoms. The molecular weight excluding hydrogens is 212 g/mol. The van der Waals surface area contributed by atoms with Crippen molar-refractivity contribution in [2.45, 2.75) is 0 Å². The molecule has 0 aliphatic rings. The molecule has 0 fully saturated rings. The van der Waals surface area contributed by atoms with Gasteiger partial charge in [-0.2, -0.15) is 0 Å². The second-order valence-electron chi connectivity index (χ2n) is 2.36. The Labute approximate surface area is 115 Å². The van der Waals surface area contributed by atoms with E-state index in [-0.39, 0.29) is 57.1 Å². The Morgan fingerprint density at radius 2 is 1.69 bits per heavy atom. The van der Waals surface area contributed by atoms with Gasteiger partial charge in [-0.1, -0.05) is 11.5 Å². The maximum absolute atomic E-state index is 12.6. The summed E-state index contributed by atoms with van der Waals surface area (Å²) >= 11 is 0. The smallest absolute Gasteiger partial charge is 0.445 e. The zero-order valence-corrected chi connectivity index (χ0v) is 10.0. The van der Waals surface area contributed by atoms with Crippen LogP contribution in [0.3, 0.4) is 0 Å². The molecular formula is C6H5BF4KN. The monoisotopic (exact) mass is 217 g/mol. The van der Waals surface area contributed by atoms with E-state index in [0.717, 1.165) is 6.07 Å². The summed E-state index contributed by atoms with van der Waals surface area (Å²) < 4.78 is 48.4. The van der Waals surface area contributed by atoms with Gasteiger partial charge in [-0.15, -0.1) is 0 Å². The molecule has 0 saturated carbocycles. The summed E-state index contributed by atoms with van der Waals surface area (Å²) in [5, 5.41) is 0. The van der Waals surface area contributed by atoms with E-state index >= 15 is 0 Å². The third-order valence-electron chi connectivity index (χ3n) is 1.38. The van der Waals surface area contributed by atoms with Crippen molar-refractivity contribution in [1.82, 2.24) is 0 Å². The maximum Gasteiger partial charge on any atom is 1.00 e. The van der Waals surface area contributed by atoms with Crippen LogP contribution in [0.2, 0.25) is 0 Å². The van der Waals surface area contributed by atoms with E-state index in [9.17, 15) is 17.3 Å². The first-order valence-corrected chi connectivity index (χ1v) is 3.16. The van der Waals surface area contributed by atoms with Crippen LogP contribution in [0.15, 0.2) is 18.2 Å². The first kappa shape index (κ1) is 13.4. The fraction of sp³-hybridized carbons (Fsp3) is 0. The molecule has 1 nitrogen and oxygen atoms in total. The topological polar surface area (TPSA) is 26.0 Å². The number of benzene rings is 1. The molecule has 0 aromatic heterocycles. The van der Waals surface area contributed by atoms with Crippen LogP contribution in [0.25, 0.3) is 0 Å². The summed E-state index contributed by atoms with van der Waals surface area (Å²) in [5.41, 5.74) is 3.82. The van der Waals surface area contributed by atoms with Crippen molar-refractivity contribution >= 4 is 18.1 Å². The van der Waals surface area contributed by atoms with E-state index in [4.69, 9.17) is 5.73 Å². The summed E-state index contributed by atoms with van der Waals surface area (Å²) in [6, 6.07) is 2.32. The van der Waals surface area contributed by atoms with Crippen LogP contribution < -0.4 is 62.6 Å². The Hall–Kier alpha value is 0.441. The molecule has 7 heteroatoms. The van der Waals surface area contributed by atoms with Gasteiger partial charge in [0.2, 0.25) is 0 Å². The summed E-state index contributed by atoms with van der Waals surface area (Å²) in [5.74, 6) is -1.32. The fourth-order valence-corrected chi connectivity index (χ4v) is 0.809.